The number of anilines is 4. The second-order valence-electron chi connectivity index (χ2n) is 10.7. The summed E-state index contributed by atoms with van der Waals surface area (Å²) in [5.41, 5.74) is 0.127. The number of rotatable bonds is 11. The first-order valence-corrected chi connectivity index (χ1v) is 16.2. The highest BCUT2D eigenvalue weighted by molar-refractivity contribution is 7.91. The lowest BCUT2D eigenvalue weighted by molar-refractivity contribution is -0.137. The number of nitrogens with one attached hydrogen (secondary N) is 3. The molecule has 1 aliphatic rings. The Bertz CT molecular complexity index is 1790. The van der Waals surface area contributed by atoms with Crippen molar-refractivity contribution in [1.29, 1.82) is 0 Å². The molecule has 3 N–H and O–H groups in total. The van der Waals surface area contributed by atoms with Gasteiger partial charge in [-0.2, -0.15) is 13.2 Å². The lowest BCUT2D eigenvalue weighted by atomic mass is 10.1. The van der Waals surface area contributed by atoms with Crippen LogP contribution in [0.5, 0.6) is 0 Å². The van der Waals surface area contributed by atoms with Crippen molar-refractivity contribution in [3.05, 3.63) is 102 Å². The van der Waals surface area contributed by atoms with Gasteiger partial charge in [-0.15, -0.1) is 0 Å². The van der Waals surface area contributed by atoms with Crippen LogP contribution in [0.25, 0.3) is 0 Å². The Morgan fingerprint density at radius 2 is 1.39 bits per heavy atom. The highest BCUT2D eigenvalue weighted by Crippen LogP contribution is 2.30. The number of likely N-dealkylation sites (tertiary alicyclic amines) is 1. The lowest BCUT2D eigenvalue weighted by Crippen LogP contribution is -2.22. The molecule has 1 aliphatic heterocycles. The second kappa shape index (κ2) is 14.1. The van der Waals surface area contributed by atoms with Gasteiger partial charge < -0.3 is 20.9 Å². The maximum absolute atomic E-state index is 13.0. The Hall–Kier alpha value is -4.82. The third-order valence-electron chi connectivity index (χ3n) is 7.30. The maximum atomic E-state index is 13.0. The van der Waals surface area contributed by atoms with Gasteiger partial charge in [-0.3, -0.25) is 9.59 Å². The Morgan fingerprint density at radius 3 is 2.04 bits per heavy atom. The number of sulfone groups is 1. The van der Waals surface area contributed by atoms with E-state index in [2.05, 4.69) is 30.8 Å². The van der Waals surface area contributed by atoms with Gasteiger partial charge in [-0.05, 0) is 99.6 Å². The van der Waals surface area contributed by atoms with Gasteiger partial charge in [-0.1, -0.05) is 12.1 Å². The summed E-state index contributed by atoms with van der Waals surface area (Å²) in [6, 6.07) is 16.3. The molecule has 14 heteroatoms. The molecule has 0 bridgehead atoms. The fraction of sp³-hybridized carbons (Fsp3) is 0.250. The molecule has 4 aromatic rings. The van der Waals surface area contributed by atoms with Gasteiger partial charge in [0.05, 0.1) is 34.3 Å². The molecule has 1 aromatic heterocycles. The first-order chi connectivity index (χ1) is 22.0. The number of hydrogen-bond donors (Lipinski definition) is 3. The van der Waals surface area contributed by atoms with Crippen molar-refractivity contribution in [1.82, 2.24) is 14.9 Å². The molecule has 240 valence electrons. The van der Waals surface area contributed by atoms with Crippen LogP contribution in [-0.4, -0.2) is 60.5 Å². The Kier molecular flexibility index (Phi) is 9.97. The topological polar surface area (TPSA) is 133 Å². The SMILES string of the molecule is O=C(Nc1cnc(Nc2ccc(S(=O)(=O)CCCN3CCCC3)cc2)nc1)c1cccc(NC(=O)c2cccc(C(F)(F)F)c2)c1. The maximum Gasteiger partial charge on any atom is 0.416 e. The molecule has 2 amide bonds. The molecule has 0 unspecified atom stereocenters. The average molecular weight is 653 g/mol. The third kappa shape index (κ3) is 8.67. The van der Waals surface area contributed by atoms with Gasteiger partial charge >= 0.3 is 6.18 Å². The number of hydrogen-bond acceptors (Lipinski definition) is 8. The van der Waals surface area contributed by atoms with E-state index in [0.717, 1.165) is 37.8 Å². The summed E-state index contributed by atoms with van der Waals surface area (Å²) >= 11 is 0. The predicted molar refractivity (Wildman–Crippen MR) is 168 cm³/mol. The van der Waals surface area contributed by atoms with Crippen molar-refractivity contribution < 1.29 is 31.2 Å². The minimum Gasteiger partial charge on any atom is -0.324 e. The fourth-order valence-corrected chi connectivity index (χ4v) is 6.21. The van der Waals surface area contributed by atoms with Crippen LogP contribution in [0.4, 0.5) is 36.2 Å². The van der Waals surface area contributed by atoms with Crippen molar-refractivity contribution in [3.63, 3.8) is 0 Å². The molecule has 0 radical (unpaired) electrons. The van der Waals surface area contributed by atoms with Gasteiger partial charge in [0.15, 0.2) is 9.84 Å². The highest BCUT2D eigenvalue weighted by Gasteiger charge is 2.31. The van der Waals surface area contributed by atoms with E-state index in [1.54, 1.807) is 12.1 Å². The predicted octanol–water partition coefficient (Wildman–Crippen LogP) is 6.00. The first kappa shape index (κ1) is 32.6. The van der Waals surface area contributed by atoms with E-state index < -0.39 is 33.4 Å². The quantitative estimate of drug-likeness (QED) is 0.180. The van der Waals surface area contributed by atoms with Gasteiger partial charge in [0.25, 0.3) is 11.8 Å². The summed E-state index contributed by atoms with van der Waals surface area (Å²) in [5, 5.41) is 8.13. The van der Waals surface area contributed by atoms with E-state index in [-0.39, 0.29) is 39.1 Å². The van der Waals surface area contributed by atoms with Crippen LogP contribution in [0.15, 0.2) is 90.1 Å². The molecule has 46 heavy (non-hydrogen) atoms. The number of amides is 2. The van der Waals surface area contributed by atoms with Crippen LogP contribution in [0.1, 0.15) is 45.5 Å². The summed E-state index contributed by atoms with van der Waals surface area (Å²) in [5.74, 6) is -0.981. The summed E-state index contributed by atoms with van der Waals surface area (Å²) in [7, 11) is -3.39. The van der Waals surface area contributed by atoms with Crippen molar-refractivity contribution >= 4 is 44.7 Å². The first-order valence-electron chi connectivity index (χ1n) is 14.5. The van der Waals surface area contributed by atoms with E-state index >= 15 is 0 Å². The Balaban J connectivity index is 1.14. The minimum absolute atomic E-state index is 0.0886. The van der Waals surface area contributed by atoms with Gasteiger partial charge in [0.2, 0.25) is 5.95 Å². The van der Waals surface area contributed by atoms with Crippen molar-refractivity contribution in [2.24, 2.45) is 0 Å². The largest absolute Gasteiger partial charge is 0.416 e. The van der Waals surface area contributed by atoms with E-state index in [4.69, 9.17) is 0 Å². The number of halogens is 3. The summed E-state index contributed by atoms with van der Waals surface area (Å²) in [6.45, 7) is 2.84. The molecular formula is C32H31F3N6O4S. The Labute approximate surface area is 264 Å². The molecule has 0 spiro atoms. The molecule has 0 aliphatic carbocycles. The minimum atomic E-state index is -4.59. The lowest BCUT2D eigenvalue weighted by Gasteiger charge is -2.14. The molecule has 1 fully saturated rings. The van der Waals surface area contributed by atoms with E-state index in [1.807, 2.05) is 0 Å². The van der Waals surface area contributed by atoms with Crippen molar-refractivity contribution in [3.8, 4) is 0 Å². The van der Waals surface area contributed by atoms with E-state index in [0.29, 0.717) is 12.1 Å². The molecule has 0 saturated carbocycles. The van der Waals surface area contributed by atoms with Crippen LogP contribution in [-0.2, 0) is 16.0 Å². The second-order valence-corrected chi connectivity index (χ2v) is 12.8. The normalized spacial score (nSPS) is 13.7. The fourth-order valence-electron chi connectivity index (χ4n) is 4.92. The zero-order valence-electron chi connectivity index (χ0n) is 24.5. The zero-order valence-corrected chi connectivity index (χ0v) is 25.4. The molecular weight excluding hydrogens is 621 g/mol. The van der Waals surface area contributed by atoms with Gasteiger partial charge in [0, 0.05) is 22.5 Å². The average Bonchev–Trinajstić information content (AvgIpc) is 3.55. The van der Waals surface area contributed by atoms with Crippen LogP contribution in [0.3, 0.4) is 0 Å². The van der Waals surface area contributed by atoms with Crippen LogP contribution >= 0.6 is 0 Å². The van der Waals surface area contributed by atoms with E-state index in [1.165, 1.54) is 67.7 Å². The molecule has 10 nitrogen and oxygen atoms in total. The summed E-state index contributed by atoms with van der Waals surface area (Å²) in [4.78, 5) is 36.3. The smallest absolute Gasteiger partial charge is 0.324 e. The van der Waals surface area contributed by atoms with Crippen molar-refractivity contribution in [2.75, 3.05) is 41.3 Å². The number of nitrogens with zero attached hydrogens (tertiary/aromatic N) is 3. The zero-order chi connectivity index (χ0) is 32.7. The molecule has 2 heterocycles. The molecule has 5 rings (SSSR count). The third-order valence-corrected chi connectivity index (χ3v) is 9.12. The highest BCUT2D eigenvalue weighted by atomic mass is 32.2. The summed E-state index contributed by atoms with van der Waals surface area (Å²) < 4.78 is 64.5. The number of alkyl halides is 3. The Morgan fingerprint density at radius 1 is 0.783 bits per heavy atom. The number of benzene rings is 3. The molecule has 0 atom stereocenters. The monoisotopic (exact) mass is 652 g/mol. The van der Waals surface area contributed by atoms with Crippen molar-refractivity contribution in [2.45, 2.75) is 30.3 Å². The number of carbonyl (C=O) groups is 2. The molecule has 1 saturated heterocycles. The van der Waals surface area contributed by atoms with Gasteiger partial charge in [-0.25, -0.2) is 18.4 Å². The summed E-state index contributed by atoms with van der Waals surface area (Å²) in [6.07, 6.45) is 1.09. The number of carbonyl (C=O) groups excluding carboxylic acids is 2. The van der Waals surface area contributed by atoms with Crippen LogP contribution in [0.2, 0.25) is 0 Å². The standard InChI is InChI=1S/C32H31F3N6O4S/c33-32(34,35)24-8-3-6-22(18-24)29(42)38-26-9-4-7-23(19-26)30(43)39-27-20-36-31(37-21-27)40-25-10-12-28(13-11-25)46(44,45)17-5-16-41-14-1-2-15-41/h3-4,6-13,18-21H,1-2,5,14-17H2,(H,38,42)(H,39,43)(H,36,37,40). The van der Waals surface area contributed by atoms with Gasteiger partial charge in [0.1, 0.15) is 0 Å². The van der Waals surface area contributed by atoms with E-state index in [9.17, 15) is 31.2 Å². The van der Waals surface area contributed by atoms with Crippen LogP contribution in [0, 0.1) is 0 Å². The van der Waals surface area contributed by atoms with Crippen LogP contribution < -0.4 is 16.0 Å². The number of aromatic nitrogens is 2. The molecule has 3 aromatic carbocycles.